The van der Waals surface area contributed by atoms with Gasteiger partial charge in [0.2, 0.25) is 5.89 Å². The number of aromatic nitrogens is 3. The van der Waals surface area contributed by atoms with Crippen molar-refractivity contribution >= 4 is 5.91 Å². The Morgan fingerprint density at radius 3 is 3.10 bits per heavy atom. The van der Waals surface area contributed by atoms with E-state index in [-0.39, 0.29) is 17.4 Å². The summed E-state index contributed by atoms with van der Waals surface area (Å²) in [4.78, 5) is 21.9. The van der Waals surface area contributed by atoms with Crippen molar-refractivity contribution in [3.8, 4) is 0 Å². The molecular formula is C14H15FN4O2. The second-order valence-electron chi connectivity index (χ2n) is 5.12. The van der Waals surface area contributed by atoms with Crippen LogP contribution in [0.3, 0.4) is 0 Å². The lowest BCUT2D eigenvalue weighted by molar-refractivity contribution is 0.0698. The van der Waals surface area contributed by atoms with Crippen molar-refractivity contribution in [2.75, 3.05) is 13.1 Å². The van der Waals surface area contributed by atoms with E-state index in [4.69, 9.17) is 4.52 Å². The highest BCUT2D eigenvalue weighted by molar-refractivity contribution is 5.94. The third-order valence-corrected chi connectivity index (χ3v) is 3.62. The van der Waals surface area contributed by atoms with Crippen molar-refractivity contribution in [1.82, 2.24) is 20.0 Å². The molecule has 1 atom stereocenters. The van der Waals surface area contributed by atoms with E-state index in [2.05, 4.69) is 15.1 Å². The zero-order chi connectivity index (χ0) is 14.8. The molecule has 0 aliphatic carbocycles. The minimum absolute atomic E-state index is 0.0325. The Kier molecular flexibility index (Phi) is 3.64. The molecule has 1 saturated heterocycles. The molecule has 3 heterocycles. The van der Waals surface area contributed by atoms with Crippen LogP contribution in [0.4, 0.5) is 4.39 Å². The van der Waals surface area contributed by atoms with Gasteiger partial charge in [0, 0.05) is 32.1 Å². The highest BCUT2D eigenvalue weighted by Crippen LogP contribution is 2.26. The van der Waals surface area contributed by atoms with Crippen LogP contribution in [0.2, 0.25) is 0 Å². The highest BCUT2D eigenvalue weighted by atomic mass is 19.1. The number of carbonyl (C=O) groups is 1. The van der Waals surface area contributed by atoms with Gasteiger partial charge in [-0.1, -0.05) is 5.16 Å². The van der Waals surface area contributed by atoms with Crippen LogP contribution in [0.25, 0.3) is 0 Å². The predicted octanol–water partition coefficient (Wildman–Crippen LogP) is 1.93. The number of likely N-dealkylation sites (tertiary alicyclic amines) is 1. The van der Waals surface area contributed by atoms with Crippen molar-refractivity contribution in [2.45, 2.75) is 25.7 Å². The van der Waals surface area contributed by atoms with Gasteiger partial charge in [-0.15, -0.1) is 0 Å². The Hall–Kier alpha value is -2.31. The summed E-state index contributed by atoms with van der Waals surface area (Å²) in [6, 6.07) is 1.40. The maximum Gasteiger partial charge on any atom is 0.256 e. The number of pyridine rings is 1. The van der Waals surface area contributed by atoms with Crippen molar-refractivity contribution in [1.29, 1.82) is 0 Å². The standard InChI is InChI=1S/C14H15FN4O2/c1-9-17-13(18-21-9)10-3-2-6-19(8-10)14(20)11-4-5-16-7-12(11)15/h4-5,7,10H,2-3,6,8H2,1H3/t10-/m0/s1. The average Bonchev–Trinajstić information content (AvgIpc) is 2.94. The van der Waals surface area contributed by atoms with Crippen molar-refractivity contribution in [3.63, 3.8) is 0 Å². The van der Waals surface area contributed by atoms with Gasteiger partial charge >= 0.3 is 0 Å². The fourth-order valence-corrected chi connectivity index (χ4v) is 2.57. The van der Waals surface area contributed by atoms with Gasteiger partial charge < -0.3 is 9.42 Å². The van der Waals surface area contributed by atoms with E-state index in [1.54, 1.807) is 11.8 Å². The van der Waals surface area contributed by atoms with Crippen molar-refractivity contribution < 1.29 is 13.7 Å². The van der Waals surface area contributed by atoms with Gasteiger partial charge in [0.25, 0.3) is 5.91 Å². The van der Waals surface area contributed by atoms with E-state index in [0.29, 0.717) is 24.8 Å². The first-order chi connectivity index (χ1) is 10.1. The smallest absolute Gasteiger partial charge is 0.256 e. The Balaban J connectivity index is 1.77. The van der Waals surface area contributed by atoms with E-state index >= 15 is 0 Å². The first kappa shape index (κ1) is 13.7. The number of aryl methyl sites for hydroxylation is 1. The summed E-state index contributed by atoms with van der Waals surface area (Å²) in [7, 11) is 0. The van der Waals surface area contributed by atoms with E-state index in [1.807, 2.05) is 0 Å². The molecule has 3 rings (SSSR count). The Labute approximate surface area is 121 Å². The summed E-state index contributed by atoms with van der Waals surface area (Å²) < 4.78 is 18.7. The third kappa shape index (κ3) is 2.76. The summed E-state index contributed by atoms with van der Waals surface area (Å²) >= 11 is 0. The van der Waals surface area contributed by atoms with E-state index in [9.17, 15) is 9.18 Å². The lowest BCUT2D eigenvalue weighted by Crippen LogP contribution is -2.39. The highest BCUT2D eigenvalue weighted by Gasteiger charge is 2.29. The Bertz CT molecular complexity index is 658. The first-order valence-electron chi connectivity index (χ1n) is 6.84. The maximum atomic E-state index is 13.7. The predicted molar refractivity (Wildman–Crippen MR) is 71.1 cm³/mol. The largest absolute Gasteiger partial charge is 0.340 e. The van der Waals surface area contributed by atoms with Gasteiger partial charge in [-0.2, -0.15) is 4.98 Å². The van der Waals surface area contributed by atoms with Gasteiger partial charge in [0.1, 0.15) is 0 Å². The summed E-state index contributed by atoms with van der Waals surface area (Å²) in [6.45, 7) is 2.81. The summed E-state index contributed by atoms with van der Waals surface area (Å²) in [6.07, 6.45) is 4.19. The number of piperidine rings is 1. The molecular weight excluding hydrogens is 275 g/mol. The number of rotatable bonds is 2. The maximum absolute atomic E-state index is 13.7. The zero-order valence-corrected chi connectivity index (χ0v) is 11.6. The van der Waals surface area contributed by atoms with Crippen LogP contribution in [0, 0.1) is 12.7 Å². The second-order valence-corrected chi connectivity index (χ2v) is 5.12. The minimum Gasteiger partial charge on any atom is -0.340 e. The number of nitrogens with zero attached hydrogens (tertiary/aromatic N) is 4. The molecule has 0 unspecified atom stereocenters. The van der Waals surface area contributed by atoms with Crippen molar-refractivity contribution in [2.24, 2.45) is 0 Å². The summed E-state index contributed by atoms with van der Waals surface area (Å²) in [5, 5.41) is 3.92. The molecule has 1 fully saturated rings. The number of hydrogen-bond donors (Lipinski definition) is 0. The fourth-order valence-electron chi connectivity index (χ4n) is 2.57. The minimum atomic E-state index is -0.597. The fraction of sp³-hybridized carbons (Fsp3) is 0.429. The zero-order valence-electron chi connectivity index (χ0n) is 11.6. The summed E-state index contributed by atoms with van der Waals surface area (Å²) in [5.74, 6) is 0.235. The number of amides is 1. The Morgan fingerprint density at radius 1 is 1.52 bits per heavy atom. The molecule has 21 heavy (non-hydrogen) atoms. The van der Waals surface area contributed by atoms with Crippen LogP contribution >= 0.6 is 0 Å². The van der Waals surface area contributed by atoms with Crippen LogP contribution in [-0.4, -0.2) is 39.0 Å². The number of hydrogen-bond acceptors (Lipinski definition) is 5. The van der Waals surface area contributed by atoms with E-state index in [1.165, 1.54) is 12.3 Å². The molecule has 2 aromatic heterocycles. The van der Waals surface area contributed by atoms with Gasteiger partial charge in [0.15, 0.2) is 11.6 Å². The molecule has 6 nitrogen and oxygen atoms in total. The molecule has 1 aliphatic heterocycles. The SMILES string of the molecule is Cc1nc([C@H]2CCCN(C(=O)c3ccncc3F)C2)no1. The van der Waals surface area contributed by atoms with Gasteiger partial charge in [-0.05, 0) is 18.9 Å². The third-order valence-electron chi connectivity index (χ3n) is 3.62. The van der Waals surface area contributed by atoms with E-state index in [0.717, 1.165) is 19.0 Å². The topological polar surface area (TPSA) is 72.1 Å². The molecule has 0 aromatic carbocycles. The molecule has 0 radical (unpaired) electrons. The van der Waals surface area contributed by atoms with Gasteiger partial charge in [-0.25, -0.2) is 4.39 Å². The average molecular weight is 290 g/mol. The second kappa shape index (κ2) is 5.59. The molecule has 1 amide bonds. The molecule has 1 aliphatic rings. The van der Waals surface area contributed by atoms with Gasteiger partial charge in [-0.3, -0.25) is 9.78 Å². The molecule has 7 heteroatoms. The van der Waals surface area contributed by atoms with Crippen LogP contribution in [0.5, 0.6) is 0 Å². The number of halogens is 1. The Morgan fingerprint density at radius 2 is 2.38 bits per heavy atom. The molecule has 0 N–H and O–H groups in total. The van der Waals surface area contributed by atoms with Gasteiger partial charge in [0.05, 0.1) is 11.8 Å². The molecule has 0 bridgehead atoms. The van der Waals surface area contributed by atoms with Crippen molar-refractivity contribution in [3.05, 3.63) is 41.6 Å². The normalized spacial score (nSPS) is 18.8. The van der Waals surface area contributed by atoms with Crippen LogP contribution in [0.15, 0.2) is 23.0 Å². The monoisotopic (exact) mass is 290 g/mol. The van der Waals surface area contributed by atoms with Crippen LogP contribution < -0.4 is 0 Å². The number of carbonyl (C=O) groups excluding carboxylic acids is 1. The molecule has 2 aromatic rings. The molecule has 110 valence electrons. The van der Waals surface area contributed by atoms with Crippen LogP contribution in [0.1, 0.15) is 40.8 Å². The molecule has 0 spiro atoms. The van der Waals surface area contributed by atoms with E-state index < -0.39 is 5.82 Å². The first-order valence-corrected chi connectivity index (χ1v) is 6.84. The molecule has 0 saturated carbocycles. The summed E-state index contributed by atoms with van der Waals surface area (Å²) in [5.41, 5.74) is 0.0509. The lowest BCUT2D eigenvalue weighted by Gasteiger charge is -2.31. The lowest BCUT2D eigenvalue weighted by atomic mass is 9.97. The van der Waals surface area contributed by atoms with Crippen LogP contribution in [-0.2, 0) is 0 Å². The quantitative estimate of drug-likeness (QED) is 0.845.